The van der Waals surface area contributed by atoms with Gasteiger partial charge in [-0.25, -0.2) is 4.39 Å². The SMILES string of the molecule is CN=C(NCc1ccc(F)c(CN(C)C)c1)N1CCN(CC(=O)N2CCCC2)CC1. The number of aliphatic imine (C=N–C) groups is 1. The highest BCUT2D eigenvalue weighted by Gasteiger charge is 2.24. The number of hydrogen-bond acceptors (Lipinski definition) is 4. The van der Waals surface area contributed by atoms with Crippen LogP contribution < -0.4 is 5.32 Å². The highest BCUT2D eigenvalue weighted by Crippen LogP contribution is 2.13. The molecule has 2 aliphatic rings. The van der Waals surface area contributed by atoms with Crippen LogP contribution in [-0.4, -0.2) is 98.4 Å². The molecule has 2 aliphatic heterocycles. The Morgan fingerprint density at radius 1 is 1.10 bits per heavy atom. The molecule has 2 fully saturated rings. The van der Waals surface area contributed by atoms with Crippen molar-refractivity contribution in [2.45, 2.75) is 25.9 Å². The minimum Gasteiger partial charge on any atom is -0.352 e. The van der Waals surface area contributed by atoms with Crippen LogP contribution in [0.25, 0.3) is 0 Å². The van der Waals surface area contributed by atoms with E-state index >= 15 is 0 Å². The number of nitrogens with one attached hydrogen (secondary N) is 1. The lowest BCUT2D eigenvalue weighted by Gasteiger charge is -2.36. The summed E-state index contributed by atoms with van der Waals surface area (Å²) in [4.78, 5) is 25.2. The second-order valence-electron chi connectivity index (χ2n) is 8.42. The molecular weight excluding hydrogens is 383 g/mol. The van der Waals surface area contributed by atoms with E-state index in [9.17, 15) is 9.18 Å². The Labute approximate surface area is 179 Å². The summed E-state index contributed by atoms with van der Waals surface area (Å²) in [6.07, 6.45) is 2.26. The van der Waals surface area contributed by atoms with Crippen molar-refractivity contribution in [3.05, 3.63) is 35.1 Å². The van der Waals surface area contributed by atoms with Gasteiger partial charge in [-0.3, -0.25) is 14.7 Å². The van der Waals surface area contributed by atoms with Gasteiger partial charge in [0.05, 0.1) is 6.54 Å². The Hall–Kier alpha value is -2.19. The van der Waals surface area contributed by atoms with Crippen LogP contribution in [0.3, 0.4) is 0 Å². The van der Waals surface area contributed by atoms with Crippen LogP contribution in [0, 0.1) is 5.82 Å². The number of hydrogen-bond donors (Lipinski definition) is 1. The summed E-state index contributed by atoms with van der Waals surface area (Å²) in [5.74, 6) is 0.934. The van der Waals surface area contributed by atoms with Crippen molar-refractivity contribution >= 4 is 11.9 Å². The van der Waals surface area contributed by atoms with E-state index in [1.807, 2.05) is 36.0 Å². The Morgan fingerprint density at radius 2 is 1.80 bits per heavy atom. The van der Waals surface area contributed by atoms with Crippen molar-refractivity contribution in [3.8, 4) is 0 Å². The predicted molar refractivity (Wildman–Crippen MR) is 118 cm³/mol. The maximum Gasteiger partial charge on any atom is 0.236 e. The van der Waals surface area contributed by atoms with E-state index in [0.29, 0.717) is 25.2 Å². The van der Waals surface area contributed by atoms with Crippen molar-refractivity contribution < 1.29 is 9.18 Å². The number of nitrogens with zero attached hydrogens (tertiary/aromatic N) is 5. The van der Waals surface area contributed by atoms with Gasteiger partial charge in [0.25, 0.3) is 0 Å². The van der Waals surface area contributed by atoms with Gasteiger partial charge in [0.2, 0.25) is 5.91 Å². The minimum absolute atomic E-state index is 0.170. The van der Waals surface area contributed by atoms with E-state index in [4.69, 9.17) is 0 Å². The first kappa shape index (κ1) is 22.5. The molecule has 0 aliphatic carbocycles. The standard InChI is InChI=1S/C22H35FN6O/c1-24-22(25-15-18-6-7-20(23)19(14-18)16-26(2)3)29-12-10-27(11-13-29)17-21(30)28-8-4-5-9-28/h6-7,14H,4-5,8-13,15-17H2,1-3H3,(H,24,25). The summed E-state index contributed by atoms with van der Waals surface area (Å²) in [5, 5.41) is 3.40. The Balaban J connectivity index is 1.47. The zero-order chi connectivity index (χ0) is 21.5. The number of likely N-dealkylation sites (tertiary alicyclic amines) is 1. The molecule has 0 saturated carbocycles. The fourth-order valence-electron chi connectivity index (χ4n) is 4.09. The molecule has 30 heavy (non-hydrogen) atoms. The molecule has 2 saturated heterocycles. The highest BCUT2D eigenvalue weighted by atomic mass is 19.1. The number of rotatable bonds is 6. The van der Waals surface area contributed by atoms with Crippen LogP contribution in [0.4, 0.5) is 4.39 Å². The minimum atomic E-state index is -0.170. The summed E-state index contributed by atoms with van der Waals surface area (Å²) >= 11 is 0. The number of carbonyl (C=O) groups is 1. The summed E-state index contributed by atoms with van der Waals surface area (Å²) in [6.45, 7) is 6.89. The molecule has 1 amide bonds. The van der Waals surface area contributed by atoms with Gasteiger partial charge in [-0.05, 0) is 44.6 Å². The zero-order valence-electron chi connectivity index (χ0n) is 18.5. The second-order valence-corrected chi connectivity index (χ2v) is 8.42. The molecule has 1 aromatic carbocycles. The monoisotopic (exact) mass is 418 g/mol. The molecule has 1 N–H and O–H groups in total. The van der Waals surface area contributed by atoms with Gasteiger partial charge in [-0.2, -0.15) is 0 Å². The number of guanidine groups is 1. The third kappa shape index (κ3) is 6.15. The Kier molecular flexibility index (Phi) is 8.04. The lowest BCUT2D eigenvalue weighted by Crippen LogP contribution is -2.54. The number of benzene rings is 1. The van der Waals surface area contributed by atoms with Crippen molar-refractivity contribution in [1.29, 1.82) is 0 Å². The molecule has 0 spiro atoms. The van der Waals surface area contributed by atoms with Crippen molar-refractivity contribution in [2.75, 3.05) is 67.0 Å². The van der Waals surface area contributed by atoms with E-state index in [1.54, 1.807) is 7.05 Å². The van der Waals surface area contributed by atoms with Gasteiger partial charge in [0, 0.05) is 65.0 Å². The predicted octanol–water partition coefficient (Wildman–Crippen LogP) is 1.20. The fourth-order valence-corrected chi connectivity index (χ4v) is 4.09. The maximum atomic E-state index is 14.0. The average molecular weight is 419 g/mol. The summed E-state index contributed by atoms with van der Waals surface area (Å²) in [7, 11) is 5.66. The smallest absolute Gasteiger partial charge is 0.236 e. The lowest BCUT2D eigenvalue weighted by atomic mass is 10.1. The molecule has 0 unspecified atom stereocenters. The van der Waals surface area contributed by atoms with E-state index in [2.05, 4.69) is 20.1 Å². The summed E-state index contributed by atoms with van der Waals surface area (Å²) in [5.41, 5.74) is 1.73. The summed E-state index contributed by atoms with van der Waals surface area (Å²) in [6, 6.07) is 5.27. The Bertz CT molecular complexity index is 739. The molecular formula is C22H35FN6O. The molecule has 3 rings (SSSR count). The van der Waals surface area contributed by atoms with Crippen molar-refractivity contribution in [3.63, 3.8) is 0 Å². The molecule has 0 bridgehead atoms. The van der Waals surface area contributed by atoms with Gasteiger partial charge in [-0.15, -0.1) is 0 Å². The molecule has 7 nitrogen and oxygen atoms in total. The van der Waals surface area contributed by atoms with Gasteiger partial charge in [0.15, 0.2) is 5.96 Å². The van der Waals surface area contributed by atoms with Crippen LogP contribution in [-0.2, 0) is 17.9 Å². The molecule has 1 aromatic rings. The van der Waals surface area contributed by atoms with Crippen LogP contribution in [0.5, 0.6) is 0 Å². The van der Waals surface area contributed by atoms with Crippen LogP contribution in [0.1, 0.15) is 24.0 Å². The quantitative estimate of drug-likeness (QED) is 0.556. The van der Waals surface area contributed by atoms with Crippen molar-refractivity contribution in [1.82, 2.24) is 24.9 Å². The molecule has 0 atom stereocenters. The molecule has 0 aromatic heterocycles. The Morgan fingerprint density at radius 3 is 2.43 bits per heavy atom. The van der Waals surface area contributed by atoms with Crippen LogP contribution in [0.2, 0.25) is 0 Å². The van der Waals surface area contributed by atoms with E-state index < -0.39 is 0 Å². The van der Waals surface area contributed by atoms with Gasteiger partial charge < -0.3 is 20.0 Å². The number of piperazine rings is 1. The first-order valence-corrected chi connectivity index (χ1v) is 10.8. The van der Waals surface area contributed by atoms with E-state index in [1.165, 1.54) is 6.07 Å². The molecule has 0 radical (unpaired) electrons. The third-order valence-corrected chi connectivity index (χ3v) is 5.75. The van der Waals surface area contributed by atoms with E-state index in [-0.39, 0.29) is 11.7 Å². The second kappa shape index (κ2) is 10.7. The topological polar surface area (TPSA) is 54.4 Å². The normalized spacial score (nSPS) is 18.4. The summed E-state index contributed by atoms with van der Waals surface area (Å²) < 4.78 is 14.0. The lowest BCUT2D eigenvalue weighted by molar-refractivity contribution is -0.131. The zero-order valence-corrected chi connectivity index (χ0v) is 18.5. The maximum absolute atomic E-state index is 14.0. The number of carbonyl (C=O) groups excluding carboxylic acids is 1. The highest BCUT2D eigenvalue weighted by molar-refractivity contribution is 5.80. The average Bonchev–Trinajstić information content (AvgIpc) is 3.26. The molecule has 2 heterocycles. The number of amides is 1. The third-order valence-electron chi connectivity index (χ3n) is 5.75. The first-order valence-electron chi connectivity index (χ1n) is 10.8. The van der Waals surface area contributed by atoms with Gasteiger partial charge in [0.1, 0.15) is 5.82 Å². The van der Waals surface area contributed by atoms with Gasteiger partial charge >= 0.3 is 0 Å². The molecule has 8 heteroatoms. The van der Waals surface area contributed by atoms with E-state index in [0.717, 1.165) is 63.6 Å². The fraction of sp³-hybridized carbons (Fsp3) is 0.636. The number of halogens is 1. The van der Waals surface area contributed by atoms with Crippen molar-refractivity contribution in [2.24, 2.45) is 4.99 Å². The van der Waals surface area contributed by atoms with Gasteiger partial charge in [-0.1, -0.05) is 6.07 Å². The molecule has 166 valence electrons. The van der Waals surface area contributed by atoms with Crippen LogP contribution >= 0.6 is 0 Å². The largest absolute Gasteiger partial charge is 0.352 e. The first-order chi connectivity index (χ1) is 14.5. The van der Waals surface area contributed by atoms with Crippen LogP contribution in [0.15, 0.2) is 23.2 Å².